The molecule has 1 aliphatic heterocycles. The smallest absolute Gasteiger partial charge is 0.409 e. The van der Waals surface area contributed by atoms with Crippen LogP contribution < -0.4 is 4.74 Å². The summed E-state index contributed by atoms with van der Waals surface area (Å²) in [6.07, 6.45) is 20.6. The van der Waals surface area contributed by atoms with Gasteiger partial charge in [0.2, 0.25) is 5.79 Å². The Kier molecular flexibility index (Phi) is 17.3. The lowest BCUT2D eigenvalue weighted by atomic mass is 9.55. The molecule has 0 aromatic heterocycles. The summed E-state index contributed by atoms with van der Waals surface area (Å²) in [5.41, 5.74) is 2.57. The van der Waals surface area contributed by atoms with Gasteiger partial charge in [-0.25, -0.2) is 4.79 Å². The molecule has 52 heavy (non-hydrogen) atoms. The molecular weight excluding hydrogens is 660 g/mol. The van der Waals surface area contributed by atoms with E-state index in [1.54, 1.807) is 36.2 Å². The van der Waals surface area contributed by atoms with Crippen LogP contribution in [0.15, 0.2) is 47.7 Å². The molecule has 1 aromatic rings. The fourth-order valence-electron chi connectivity index (χ4n) is 8.83. The molecule has 1 amide bonds. The first kappa shape index (κ1) is 41.7. The molecule has 0 saturated heterocycles. The lowest BCUT2D eigenvalue weighted by molar-refractivity contribution is -0.253. The molecule has 1 heterocycles. The van der Waals surface area contributed by atoms with Crippen LogP contribution in [0.25, 0.3) is 0 Å². The molecule has 292 valence electrons. The number of fused-ring (bicyclic) bond motifs is 2. The average Bonchev–Trinajstić information content (AvgIpc) is 3.14. The zero-order valence-corrected chi connectivity index (χ0v) is 32.1. The van der Waals surface area contributed by atoms with Gasteiger partial charge < -0.3 is 39.3 Å². The van der Waals surface area contributed by atoms with Crippen molar-refractivity contribution >= 4 is 11.8 Å². The molecule has 2 aliphatic carbocycles. The van der Waals surface area contributed by atoms with Crippen LogP contribution in [0.4, 0.5) is 4.79 Å². The van der Waals surface area contributed by atoms with E-state index in [0.29, 0.717) is 31.6 Å². The second kappa shape index (κ2) is 21.6. The average molecular weight is 727 g/mol. The fraction of sp³-hybridized carbons (Fsp3) is 0.714. The number of carbonyl (C=O) groups excluding carboxylic acids is 1. The summed E-state index contributed by atoms with van der Waals surface area (Å²) in [6.45, 7) is 6.97. The Labute approximate surface area is 312 Å². The Morgan fingerprint density at radius 2 is 1.67 bits per heavy atom. The number of benzene rings is 1. The molecule has 10 heteroatoms. The summed E-state index contributed by atoms with van der Waals surface area (Å²) in [6, 6.07) is 4.59. The maximum Gasteiger partial charge on any atom is 0.409 e. The second-order valence-electron chi connectivity index (χ2n) is 14.9. The van der Waals surface area contributed by atoms with E-state index >= 15 is 0 Å². The van der Waals surface area contributed by atoms with Gasteiger partial charge in [-0.2, -0.15) is 0 Å². The number of aromatic hydroxyl groups is 1. The van der Waals surface area contributed by atoms with E-state index in [-0.39, 0.29) is 43.3 Å². The lowest BCUT2D eigenvalue weighted by Crippen LogP contribution is -2.69. The van der Waals surface area contributed by atoms with Crippen LogP contribution >= 0.6 is 0 Å². The van der Waals surface area contributed by atoms with Crippen molar-refractivity contribution in [2.75, 3.05) is 40.6 Å². The number of phenols is 1. The summed E-state index contributed by atoms with van der Waals surface area (Å²) < 4.78 is 19.7. The lowest BCUT2D eigenvalue weighted by Gasteiger charge is -2.59. The predicted molar refractivity (Wildman–Crippen MR) is 205 cm³/mol. The van der Waals surface area contributed by atoms with Gasteiger partial charge in [0.1, 0.15) is 24.7 Å². The highest BCUT2D eigenvalue weighted by Crippen LogP contribution is 2.61. The summed E-state index contributed by atoms with van der Waals surface area (Å²) >= 11 is 0. The van der Waals surface area contributed by atoms with Crippen LogP contribution in [0.1, 0.15) is 128 Å². The van der Waals surface area contributed by atoms with E-state index in [2.05, 4.69) is 24.7 Å². The molecule has 1 saturated carbocycles. The molecule has 4 rings (SSSR count). The number of amides is 1. The number of likely N-dealkylation sites (N-methyl/N-ethyl adjacent to an activating group) is 1. The maximum absolute atomic E-state index is 13.8. The first-order chi connectivity index (χ1) is 25.4. The molecule has 0 unspecified atom stereocenters. The van der Waals surface area contributed by atoms with Crippen LogP contribution in [-0.2, 0) is 14.3 Å². The highest BCUT2D eigenvalue weighted by molar-refractivity contribution is 6.02. The maximum atomic E-state index is 13.8. The molecule has 0 radical (unpaired) electrons. The number of allylic oxidation sites excluding steroid dienone is 1. The number of rotatable bonds is 24. The minimum absolute atomic E-state index is 0.103. The van der Waals surface area contributed by atoms with Crippen molar-refractivity contribution in [2.45, 2.75) is 134 Å². The summed E-state index contributed by atoms with van der Waals surface area (Å²) in [5, 5.41) is 34.7. The topological polar surface area (TPSA) is 130 Å². The van der Waals surface area contributed by atoms with E-state index in [4.69, 9.17) is 19.0 Å². The Morgan fingerprint density at radius 1 is 1.00 bits per heavy atom. The van der Waals surface area contributed by atoms with Crippen LogP contribution in [0.2, 0.25) is 0 Å². The number of carbonyl (C=O) groups is 1. The van der Waals surface area contributed by atoms with Gasteiger partial charge in [-0.15, -0.1) is 6.58 Å². The molecule has 10 nitrogen and oxygen atoms in total. The van der Waals surface area contributed by atoms with Gasteiger partial charge in [0.15, 0.2) is 0 Å². The molecule has 1 fully saturated rings. The third kappa shape index (κ3) is 10.3. The van der Waals surface area contributed by atoms with Crippen molar-refractivity contribution in [1.82, 2.24) is 4.90 Å². The van der Waals surface area contributed by atoms with E-state index in [9.17, 15) is 20.1 Å². The van der Waals surface area contributed by atoms with Gasteiger partial charge in [-0.1, -0.05) is 94.9 Å². The van der Waals surface area contributed by atoms with Gasteiger partial charge in [0.05, 0.1) is 24.8 Å². The number of hydrogen-bond acceptors (Lipinski definition) is 9. The van der Waals surface area contributed by atoms with E-state index in [0.717, 1.165) is 61.8 Å². The zero-order valence-electron chi connectivity index (χ0n) is 32.1. The number of oxime groups is 1. The standard InChI is InChI=1S/C42H66N2O8/c1-5-7-8-9-10-11-12-13-14-19-27-50-41(48)44(3)38-30-36(43-49-4)34-28-31(20-15-17-24-45)33(21-16-18-25-46)39-35-29-32(47)22-23-37(35)52-42(38,40(34)39)51-26-6-2/h6,22-23,28-29,31,33,38-40,45-47H,2,5,7-21,24-27,30H2,1,3-4H3/t31-,33+,38-,39+,40+,42+/m0/s1. The highest BCUT2D eigenvalue weighted by atomic mass is 16.7. The van der Waals surface area contributed by atoms with Gasteiger partial charge in [0, 0.05) is 38.2 Å². The SMILES string of the molecule is C=CCO[C@@]12Oc3ccc(O)cc3[C@H]3[C@H](CCCCO)[C@@H](CCCCO)C=C(C(=NOC)C[C@@H]1N(C)C(=O)OCCCCCCCCCCCC)[C@H]32. The largest absolute Gasteiger partial charge is 0.508 e. The number of phenolic OH excluding ortho intramolecular Hbond substituents is 1. The highest BCUT2D eigenvalue weighted by Gasteiger charge is 2.65. The summed E-state index contributed by atoms with van der Waals surface area (Å²) in [7, 11) is 3.28. The number of aliphatic hydroxyl groups is 2. The first-order valence-corrected chi connectivity index (χ1v) is 20.1. The number of aliphatic hydroxyl groups excluding tert-OH is 2. The van der Waals surface area contributed by atoms with E-state index < -0.39 is 23.8 Å². The van der Waals surface area contributed by atoms with Crippen molar-refractivity contribution in [2.24, 2.45) is 22.9 Å². The van der Waals surface area contributed by atoms with Gasteiger partial charge in [0.25, 0.3) is 0 Å². The normalized spacial score (nSPS) is 25.4. The number of nitrogens with zero attached hydrogens (tertiary/aromatic N) is 2. The Morgan fingerprint density at radius 3 is 2.33 bits per heavy atom. The van der Waals surface area contributed by atoms with Crippen molar-refractivity contribution in [1.29, 1.82) is 0 Å². The number of ether oxygens (including phenoxy) is 3. The quantitative estimate of drug-likeness (QED) is 0.0549. The molecule has 3 N–H and O–H groups in total. The van der Waals surface area contributed by atoms with Gasteiger partial charge in [-0.3, -0.25) is 0 Å². The molecule has 1 aromatic carbocycles. The molecule has 6 atom stereocenters. The third-order valence-electron chi connectivity index (χ3n) is 11.3. The van der Waals surface area contributed by atoms with E-state index in [1.807, 2.05) is 0 Å². The summed E-state index contributed by atoms with van der Waals surface area (Å²) in [4.78, 5) is 20.9. The van der Waals surface area contributed by atoms with Crippen molar-refractivity contribution in [3.63, 3.8) is 0 Å². The van der Waals surface area contributed by atoms with Crippen LogP contribution in [0.3, 0.4) is 0 Å². The Balaban J connectivity index is 1.65. The van der Waals surface area contributed by atoms with Crippen LogP contribution in [0, 0.1) is 17.8 Å². The van der Waals surface area contributed by atoms with E-state index in [1.165, 1.54) is 52.1 Å². The molecule has 0 spiro atoms. The van der Waals surface area contributed by atoms with Crippen molar-refractivity contribution in [3.8, 4) is 11.5 Å². The van der Waals surface area contributed by atoms with Crippen molar-refractivity contribution in [3.05, 3.63) is 48.1 Å². The molecule has 3 aliphatic rings. The number of hydrogen-bond donors (Lipinski definition) is 3. The van der Waals surface area contributed by atoms with Crippen LogP contribution in [-0.4, -0.2) is 84.4 Å². The van der Waals surface area contributed by atoms with Crippen molar-refractivity contribution < 1.29 is 39.2 Å². The third-order valence-corrected chi connectivity index (χ3v) is 11.3. The predicted octanol–water partition coefficient (Wildman–Crippen LogP) is 8.64. The van der Waals surface area contributed by atoms with Gasteiger partial charge in [-0.05, 0) is 67.7 Å². The minimum atomic E-state index is -1.32. The molecule has 0 bridgehead atoms. The fourth-order valence-corrected chi connectivity index (χ4v) is 8.83. The first-order valence-electron chi connectivity index (χ1n) is 20.1. The summed E-state index contributed by atoms with van der Waals surface area (Å²) in [5.74, 6) is -0.901. The molecular formula is C42H66N2O8. The Hall–Kier alpha value is -3.08. The monoisotopic (exact) mass is 726 g/mol. The minimum Gasteiger partial charge on any atom is -0.508 e. The number of unbranched alkanes of at least 4 members (excludes halogenated alkanes) is 11. The van der Waals surface area contributed by atoms with Gasteiger partial charge >= 0.3 is 6.09 Å². The second-order valence-corrected chi connectivity index (χ2v) is 14.9. The Bertz CT molecular complexity index is 1320. The zero-order chi connectivity index (χ0) is 37.3. The van der Waals surface area contributed by atoms with Crippen LogP contribution in [0.5, 0.6) is 11.5 Å².